The Hall–Kier alpha value is -3.48. The lowest BCUT2D eigenvalue weighted by atomic mass is 10.1. The smallest absolute Gasteiger partial charge is 0.251 e. The Morgan fingerprint density at radius 2 is 1.96 bits per heavy atom. The number of hydrogen-bond acceptors (Lipinski definition) is 4. The van der Waals surface area contributed by atoms with E-state index in [9.17, 15) is 9.18 Å². The molecule has 0 saturated heterocycles. The number of fused-ring (bicyclic) bond motifs is 2. The quantitative estimate of drug-likeness (QED) is 0.557. The topological polar surface area (TPSA) is 79.9 Å². The van der Waals surface area contributed by atoms with Crippen LogP contribution < -0.4 is 10.1 Å². The first-order valence-corrected chi connectivity index (χ1v) is 8.90. The predicted molar refractivity (Wildman–Crippen MR) is 105 cm³/mol. The number of carbonyl (C=O) groups is 1. The normalized spacial score (nSPS) is 11.1. The molecule has 0 unspecified atom stereocenters. The van der Waals surface area contributed by atoms with Crippen molar-refractivity contribution in [2.45, 2.75) is 13.3 Å². The molecule has 2 heterocycles. The van der Waals surface area contributed by atoms with Crippen LogP contribution in [0.3, 0.4) is 0 Å². The maximum absolute atomic E-state index is 14.2. The van der Waals surface area contributed by atoms with E-state index in [4.69, 9.17) is 4.74 Å². The molecule has 0 spiro atoms. The van der Waals surface area contributed by atoms with Gasteiger partial charge in [-0.3, -0.25) is 14.8 Å². The number of benzene rings is 2. The third-order valence-electron chi connectivity index (χ3n) is 4.78. The molecule has 0 fully saturated rings. The van der Waals surface area contributed by atoms with Crippen LogP contribution in [0, 0.1) is 12.7 Å². The van der Waals surface area contributed by atoms with Crippen LogP contribution >= 0.6 is 0 Å². The van der Waals surface area contributed by atoms with E-state index in [1.165, 1.54) is 13.2 Å². The lowest BCUT2D eigenvalue weighted by molar-refractivity contribution is 0.0954. The highest BCUT2D eigenvalue weighted by Crippen LogP contribution is 2.29. The molecule has 28 heavy (non-hydrogen) atoms. The number of halogens is 1. The lowest BCUT2D eigenvalue weighted by Crippen LogP contribution is -2.25. The summed E-state index contributed by atoms with van der Waals surface area (Å²) >= 11 is 0. The van der Waals surface area contributed by atoms with Crippen molar-refractivity contribution in [3.8, 4) is 5.75 Å². The minimum atomic E-state index is -0.356. The molecule has 0 saturated carbocycles. The van der Waals surface area contributed by atoms with Gasteiger partial charge in [0.15, 0.2) is 5.82 Å². The number of aryl methyl sites for hydroxylation is 1. The zero-order chi connectivity index (χ0) is 19.7. The van der Waals surface area contributed by atoms with Crippen LogP contribution in [0.5, 0.6) is 5.75 Å². The minimum Gasteiger partial charge on any atom is -0.497 e. The van der Waals surface area contributed by atoms with Gasteiger partial charge < -0.3 is 15.0 Å². The Labute approximate surface area is 160 Å². The molecular weight excluding hydrogens is 359 g/mol. The van der Waals surface area contributed by atoms with Gasteiger partial charge in [-0.05, 0) is 43.2 Å². The first-order chi connectivity index (χ1) is 13.6. The van der Waals surface area contributed by atoms with E-state index in [0.29, 0.717) is 35.3 Å². The standard InChI is InChI=1S/C21H19FN4O2/c1-12-15(16-10-14(28-2)11-17(22)20(16)26-12)5-6-25-21(27)13-3-4-18-19(9-13)24-8-7-23-18/h3-4,7-11,26H,5-6H2,1-2H3,(H,25,27). The molecule has 2 aromatic heterocycles. The van der Waals surface area contributed by atoms with Crippen LogP contribution in [-0.4, -0.2) is 34.5 Å². The number of aromatic nitrogens is 3. The number of hydrogen-bond donors (Lipinski definition) is 2. The van der Waals surface area contributed by atoms with Crippen LogP contribution in [-0.2, 0) is 6.42 Å². The molecule has 4 rings (SSSR count). The maximum Gasteiger partial charge on any atom is 0.251 e. The Kier molecular flexibility index (Phi) is 4.65. The zero-order valence-electron chi connectivity index (χ0n) is 15.5. The summed E-state index contributed by atoms with van der Waals surface area (Å²) in [5.74, 6) is -0.0784. The second-order valence-electron chi connectivity index (χ2n) is 6.53. The summed E-state index contributed by atoms with van der Waals surface area (Å²) in [7, 11) is 1.51. The highest BCUT2D eigenvalue weighted by Gasteiger charge is 2.14. The number of nitrogens with one attached hydrogen (secondary N) is 2. The van der Waals surface area contributed by atoms with Gasteiger partial charge in [-0.25, -0.2) is 4.39 Å². The molecule has 7 heteroatoms. The van der Waals surface area contributed by atoms with Gasteiger partial charge >= 0.3 is 0 Å². The summed E-state index contributed by atoms with van der Waals surface area (Å²) in [6.07, 6.45) is 3.78. The number of nitrogens with zero attached hydrogens (tertiary/aromatic N) is 2. The molecule has 0 radical (unpaired) electrons. The van der Waals surface area contributed by atoms with E-state index < -0.39 is 0 Å². The first-order valence-electron chi connectivity index (χ1n) is 8.90. The minimum absolute atomic E-state index is 0.186. The number of aromatic amines is 1. The Bertz CT molecular complexity index is 1190. The highest BCUT2D eigenvalue weighted by atomic mass is 19.1. The van der Waals surface area contributed by atoms with Gasteiger partial charge in [0.2, 0.25) is 0 Å². The summed E-state index contributed by atoms with van der Waals surface area (Å²) in [6.45, 7) is 2.31. The monoisotopic (exact) mass is 378 g/mol. The molecule has 2 aromatic carbocycles. The number of carbonyl (C=O) groups excluding carboxylic acids is 1. The average molecular weight is 378 g/mol. The van der Waals surface area contributed by atoms with Gasteiger partial charge in [0.25, 0.3) is 5.91 Å². The summed E-state index contributed by atoms with van der Waals surface area (Å²) in [5, 5.41) is 3.68. The molecule has 0 aliphatic carbocycles. The molecule has 0 bridgehead atoms. The Morgan fingerprint density at radius 1 is 1.18 bits per heavy atom. The largest absolute Gasteiger partial charge is 0.497 e. The van der Waals surface area contributed by atoms with Gasteiger partial charge in [0, 0.05) is 41.6 Å². The van der Waals surface area contributed by atoms with E-state index in [-0.39, 0.29) is 11.7 Å². The van der Waals surface area contributed by atoms with Crippen molar-refractivity contribution in [2.75, 3.05) is 13.7 Å². The van der Waals surface area contributed by atoms with E-state index in [1.807, 2.05) is 6.92 Å². The molecular formula is C21H19FN4O2. The van der Waals surface area contributed by atoms with E-state index in [1.54, 1.807) is 36.7 Å². The fraction of sp³-hybridized carbons (Fsp3) is 0.190. The molecule has 142 valence electrons. The molecule has 1 amide bonds. The summed E-state index contributed by atoms with van der Waals surface area (Å²) < 4.78 is 19.4. The van der Waals surface area contributed by atoms with Crippen molar-refractivity contribution in [3.05, 3.63) is 65.4 Å². The van der Waals surface area contributed by atoms with Crippen LogP contribution in [0.15, 0.2) is 42.7 Å². The number of methoxy groups -OCH3 is 1. The summed E-state index contributed by atoms with van der Waals surface area (Å²) in [6, 6.07) is 8.38. The van der Waals surface area contributed by atoms with Crippen molar-refractivity contribution in [1.82, 2.24) is 20.3 Å². The van der Waals surface area contributed by atoms with Crippen LogP contribution in [0.25, 0.3) is 21.9 Å². The lowest BCUT2D eigenvalue weighted by Gasteiger charge is -2.07. The number of ether oxygens (including phenoxy) is 1. The van der Waals surface area contributed by atoms with Crippen LogP contribution in [0.1, 0.15) is 21.6 Å². The molecule has 2 N–H and O–H groups in total. The third-order valence-corrected chi connectivity index (χ3v) is 4.78. The van der Waals surface area contributed by atoms with Crippen molar-refractivity contribution >= 4 is 27.8 Å². The maximum atomic E-state index is 14.2. The molecule has 0 aliphatic heterocycles. The van der Waals surface area contributed by atoms with Gasteiger partial charge in [0.1, 0.15) is 5.75 Å². The Morgan fingerprint density at radius 3 is 2.75 bits per heavy atom. The van der Waals surface area contributed by atoms with E-state index in [2.05, 4.69) is 20.3 Å². The van der Waals surface area contributed by atoms with Crippen molar-refractivity contribution in [1.29, 1.82) is 0 Å². The second-order valence-corrected chi connectivity index (χ2v) is 6.53. The summed E-state index contributed by atoms with van der Waals surface area (Å²) in [4.78, 5) is 24.0. The second kappa shape index (κ2) is 7.26. The third kappa shape index (κ3) is 3.26. The van der Waals surface area contributed by atoms with E-state index >= 15 is 0 Å². The van der Waals surface area contributed by atoms with Gasteiger partial charge in [-0.2, -0.15) is 0 Å². The van der Waals surface area contributed by atoms with Crippen molar-refractivity contribution < 1.29 is 13.9 Å². The van der Waals surface area contributed by atoms with Gasteiger partial charge in [0.05, 0.1) is 23.7 Å². The fourth-order valence-electron chi connectivity index (χ4n) is 3.36. The fourth-order valence-corrected chi connectivity index (χ4v) is 3.36. The number of amides is 1. The first kappa shape index (κ1) is 17.9. The van der Waals surface area contributed by atoms with Crippen molar-refractivity contribution in [3.63, 3.8) is 0 Å². The Balaban J connectivity index is 1.50. The molecule has 0 atom stereocenters. The zero-order valence-corrected chi connectivity index (χ0v) is 15.5. The van der Waals surface area contributed by atoms with Crippen LogP contribution in [0.2, 0.25) is 0 Å². The molecule has 6 nitrogen and oxygen atoms in total. The molecule has 0 aliphatic rings. The summed E-state index contributed by atoms with van der Waals surface area (Å²) in [5.41, 5.74) is 4.22. The van der Waals surface area contributed by atoms with Gasteiger partial charge in [-0.15, -0.1) is 0 Å². The molecule has 4 aromatic rings. The van der Waals surface area contributed by atoms with Gasteiger partial charge in [-0.1, -0.05) is 0 Å². The number of H-pyrrole nitrogens is 1. The predicted octanol–water partition coefficient (Wildman–Crippen LogP) is 3.54. The average Bonchev–Trinajstić information content (AvgIpc) is 3.03. The number of rotatable bonds is 5. The SMILES string of the molecule is COc1cc(F)c2[nH]c(C)c(CCNC(=O)c3ccc4nccnc4c3)c2c1. The highest BCUT2D eigenvalue weighted by molar-refractivity contribution is 5.97. The van der Waals surface area contributed by atoms with Crippen molar-refractivity contribution in [2.24, 2.45) is 0 Å². The van der Waals surface area contributed by atoms with Crippen LogP contribution in [0.4, 0.5) is 4.39 Å². The van der Waals surface area contributed by atoms with E-state index in [0.717, 1.165) is 22.2 Å².